The lowest BCUT2D eigenvalue weighted by Crippen LogP contribution is -2.42. The van der Waals surface area contributed by atoms with Gasteiger partial charge < -0.3 is 24.6 Å². The molecule has 0 aliphatic carbocycles. The minimum atomic E-state index is -1.62. The molecule has 0 radical (unpaired) electrons. The number of nitrogens with one attached hydrogen (secondary N) is 1. The highest BCUT2D eigenvalue weighted by molar-refractivity contribution is 5.79. The number of esters is 1. The standard InChI is InChI=1S/C13H19NO5/c1-13(16,12(15)19-4)8-14-10-7-9(17-2)5-6-11(10)18-3/h5-7,14,16H,8H2,1-4H3. The molecule has 0 bridgehead atoms. The van der Waals surface area contributed by atoms with Crippen molar-refractivity contribution in [3.63, 3.8) is 0 Å². The maximum Gasteiger partial charge on any atom is 0.339 e. The molecule has 0 saturated carbocycles. The predicted molar refractivity (Wildman–Crippen MR) is 70.7 cm³/mol. The van der Waals surface area contributed by atoms with Crippen LogP contribution in [-0.2, 0) is 9.53 Å². The Morgan fingerprint density at radius 2 is 2.00 bits per heavy atom. The highest BCUT2D eigenvalue weighted by Gasteiger charge is 2.31. The normalized spacial score (nSPS) is 13.3. The van der Waals surface area contributed by atoms with Gasteiger partial charge in [-0.25, -0.2) is 4.79 Å². The van der Waals surface area contributed by atoms with Gasteiger partial charge in [0.1, 0.15) is 11.5 Å². The number of ether oxygens (including phenoxy) is 3. The fourth-order valence-corrected chi connectivity index (χ4v) is 1.51. The van der Waals surface area contributed by atoms with Crippen LogP contribution in [0.5, 0.6) is 11.5 Å². The fourth-order valence-electron chi connectivity index (χ4n) is 1.51. The third kappa shape index (κ3) is 3.75. The lowest BCUT2D eigenvalue weighted by molar-refractivity contribution is -0.158. The Morgan fingerprint density at radius 3 is 2.53 bits per heavy atom. The lowest BCUT2D eigenvalue weighted by Gasteiger charge is -2.22. The molecule has 0 aliphatic heterocycles. The minimum Gasteiger partial charge on any atom is -0.497 e. The van der Waals surface area contributed by atoms with E-state index in [0.29, 0.717) is 17.2 Å². The van der Waals surface area contributed by atoms with Crippen molar-refractivity contribution < 1.29 is 24.1 Å². The van der Waals surface area contributed by atoms with E-state index in [0.717, 1.165) is 0 Å². The summed E-state index contributed by atoms with van der Waals surface area (Å²) < 4.78 is 14.8. The average molecular weight is 269 g/mol. The van der Waals surface area contributed by atoms with Gasteiger partial charge in [0.05, 0.1) is 33.6 Å². The molecule has 0 spiro atoms. The summed E-state index contributed by atoms with van der Waals surface area (Å²) in [5.41, 5.74) is -1.01. The molecule has 0 heterocycles. The number of hydrogen-bond donors (Lipinski definition) is 2. The summed E-state index contributed by atoms with van der Waals surface area (Å²) in [4.78, 5) is 11.4. The molecule has 106 valence electrons. The first-order valence-electron chi connectivity index (χ1n) is 5.71. The maximum absolute atomic E-state index is 11.4. The summed E-state index contributed by atoms with van der Waals surface area (Å²) in [6.07, 6.45) is 0. The zero-order chi connectivity index (χ0) is 14.5. The van der Waals surface area contributed by atoms with E-state index in [2.05, 4.69) is 10.1 Å². The van der Waals surface area contributed by atoms with Gasteiger partial charge in [0, 0.05) is 6.07 Å². The quantitative estimate of drug-likeness (QED) is 0.751. The monoisotopic (exact) mass is 269 g/mol. The van der Waals surface area contributed by atoms with E-state index in [9.17, 15) is 9.90 Å². The second-order valence-corrected chi connectivity index (χ2v) is 4.19. The van der Waals surface area contributed by atoms with Crippen molar-refractivity contribution in [3.05, 3.63) is 18.2 Å². The molecule has 6 nitrogen and oxygen atoms in total. The van der Waals surface area contributed by atoms with Crippen LogP contribution in [0, 0.1) is 0 Å². The number of methoxy groups -OCH3 is 3. The molecular formula is C13H19NO5. The van der Waals surface area contributed by atoms with E-state index in [-0.39, 0.29) is 6.54 Å². The minimum absolute atomic E-state index is 0.0107. The third-order valence-corrected chi connectivity index (χ3v) is 2.65. The highest BCUT2D eigenvalue weighted by atomic mass is 16.5. The van der Waals surface area contributed by atoms with Crippen molar-refractivity contribution in [1.29, 1.82) is 0 Å². The number of anilines is 1. The molecule has 0 saturated heterocycles. The van der Waals surface area contributed by atoms with Crippen LogP contribution in [0.1, 0.15) is 6.92 Å². The molecule has 0 fully saturated rings. The summed E-state index contributed by atoms with van der Waals surface area (Å²) in [5.74, 6) is 0.518. The molecule has 0 amide bonds. The van der Waals surface area contributed by atoms with Gasteiger partial charge in [-0.2, -0.15) is 0 Å². The molecule has 0 aromatic heterocycles. The number of carbonyl (C=O) groups is 1. The van der Waals surface area contributed by atoms with Crippen LogP contribution in [0.3, 0.4) is 0 Å². The summed E-state index contributed by atoms with van der Waals surface area (Å²) >= 11 is 0. The smallest absolute Gasteiger partial charge is 0.339 e. The second kappa shape index (κ2) is 6.29. The summed E-state index contributed by atoms with van der Waals surface area (Å²) in [5, 5.41) is 12.9. The van der Waals surface area contributed by atoms with E-state index in [1.807, 2.05) is 0 Å². The van der Waals surface area contributed by atoms with Crippen molar-refractivity contribution in [2.45, 2.75) is 12.5 Å². The van der Waals surface area contributed by atoms with Crippen LogP contribution in [-0.4, -0.2) is 44.6 Å². The molecule has 1 unspecified atom stereocenters. The highest BCUT2D eigenvalue weighted by Crippen LogP contribution is 2.29. The van der Waals surface area contributed by atoms with Gasteiger partial charge in [-0.1, -0.05) is 0 Å². The van der Waals surface area contributed by atoms with E-state index in [1.165, 1.54) is 21.1 Å². The molecule has 1 aromatic rings. The molecule has 0 aliphatic rings. The van der Waals surface area contributed by atoms with E-state index in [1.54, 1.807) is 25.3 Å². The Morgan fingerprint density at radius 1 is 1.32 bits per heavy atom. The predicted octanol–water partition coefficient (Wildman–Crippen LogP) is 1.04. The van der Waals surface area contributed by atoms with Gasteiger partial charge in [0.2, 0.25) is 0 Å². The fraction of sp³-hybridized carbons (Fsp3) is 0.462. The van der Waals surface area contributed by atoms with Crippen LogP contribution in [0.25, 0.3) is 0 Å². The second-order valence-electron chi connectivity index (χ2n) is 4.19. The molecule has 2 N–H and O–H groups in total. The Hall–Kier alpha value is -1.95. The van der Waals surface area contributed by atoms with Crippen molar-refractivity contribution in [2.75, 3.05) is 33.2 Å². The number of aliphatic hydroxyl groups is 1. The summed E-state index contributed by atoms with van der Waals surface area (Å²) in [6, 6.07) is 5.20. The number of benzene rings is 1. The average Bonchev–Trinajstić information content (AvgIpc) is 2.43. The zero-order valence-electron chi connectivity index (χ0n) is 11.5. The first-order chi connectivity index (χ1) is 8.94. The number of carbonyl (C=O) groups excluding carboxylic acids is 1. The number of hydrogen-bond acceptors (Lipinski definition) is 6. The summed E-state index contributed by atoms with van der Waals surface area (Å²) in [6.45, 7) is 1.36. The van der Waals surface area contributed by atoms with Crippen LogP contribution in [0.15, 0.2) is 18.2 Å². The van der Waals surface area contributed by atoms with Gasteiger partial charge in [-0.15, -0.1) is 0 Å². The maximum atomic E-state index is 11.4. The van der Waals surface area contributed by atoms with Gasteiger partial charge in [0.25, 0.3) is 0 Å². The third-order valence-electron chi connectivity index (χ3n) is 2.65. The Kier molecular flexibility index (Phi) is 5.00. The van der Waals surface area contributed by atoms with Crippen LogP contribution in [0.4, 0.5) is 5.69 Å². The lowest BCUT2D eigenvalue weighted by atomic mass is 10.1. The molecule has 19 heavy (non-hydrogen) atoms. The topological polar surface area (TPSA) is 77.0 Å². The van der Waals surface area contributed by atoms with Crippen molar-refractivity contribution >= 4 is 11.7 Å². The Bertz CT molecular complexity index is 445. The van der Waals surface area contributed by atoms with E-state index >= 15 is 0 Å². The SMILES string of the molecule is COC(=O)C(C)(O)CNc1cc(OC)ccc1OC. The molecule has 1 aromatic carbocycles. The summed E-state index contributed by atoms with van der Waals surface area (Å²) in [7, 11) is 4.31. The first-order valence-corrected chi connectivity index (χ1v) is 5.71. The zero-order valence-corrected chi connectivity index (χ0v) is 11.5. The van der Waals surface area contributed by atoms with Crippen molar-refractivity contribution in [1.82, 2.24) is 0 Å². The Balaban J connectivity index is 2.84. The van der Waals surface area contributed by atoms with Crippen molar-refractivity contribution in [3.8, 4) is 11.5 Å². The van der Waals surface area contributed by atoms with E-state index in [4.69, 9.17) is 9.47 Å². The molecule has 1 atom stereocenters. The first kappa shape index (κ1) is 15.1. The van der Waals surface area contributed by atoms with Gasteiger partial charge in [-0.05, 0) is 19.1 Å². The van der Waals surface area contributed by atoms with Gasteiger partial charge in [-0.3, -0.25) is 0 Å². The van der Waals surface area contributed by atoms with E-state index < -0.39 is 11.6 Å². The molecule has 1 rings (SSSR count). The molecular weight excluding hydrogens is 250 g/mol. The molecule has 6 heteroatoms. The number of rotatable bonds is 6. The van der Waals surface area contributed by atoms with Gasteiger partial charge >= 0.3 is 5.97 Å². The Labute approximate surface area is 112 Å². The van der Waals surface area contributed by atoms with Crippen LogP contribution in [0.2, 0.25) is 0 Å². The van der Waals surface area contributed by atoms with Crippen LogP contribution < -0.4 is 14.8 Å². The van der Waals surface area contributed by atoms with Crippen LogP contribution >= 0.6 is 0 Å². The van der Waals surface area contributed by atoms with Crippen molar-refractivity contribution in [2.24, 2.45) is 0 Å². The van der Waals surface area contributed by atoms with Gasteiger partial charge in [0.15, 0.2) is 5.60 Å². The largest absolute Gasteiger partial charge is 0.497 e.